The maximum Gasteiger partial charge on any atom is 0.0693 e. The third-order valence-electron chi connectivity index (χ3n) is 3.16. The zero-order chi connectivity index (χ0) is 12.2. The first-order valence-corrected chi connectivity index (χ1v) is 6.16. The molecule has 1 aromatic carbocycles. The lowest BCUT2D eigenvalue weighted by molar-refractivity contribution is 0.0766. The second kappa shape index (κ2) is 5.29. The highest BCUT2D eigenvalue weighted by atomic mass is 16.5. The van der Waals surface area contributed by atoms with Crippen molar-refractivity contribution in [1.29, 1.82) is 0 Å². The van der Waals surface area contributed by atoms with Crippen LogP contribution in [0, 0.1) is 0 Å². The summed E-state index contributed by atoms with van der Waals surface area (Å²) < 4.78 is 7.37. The van der Waals surface area contributed by atoms with E-state index in [0.29, 0.717) is 0 Å². The van der Waals surface area contributed by atoms with Crippen LogP contribution < -0.4 is 5.32 Å². The van der Waals surface area contributed by atoms with Crippen LogP contribution in [0.5, 0.6) is 0 Å². The summed E-state index contributed by atoms with van der Waals surface area (Å²) >= 11 is 0. The predicted molar refractivity (Wildman–Crippen MR) is 67.1 cm³/mol. The van der Waals surface area contributed by atoms with Gasteiger partial charge >= 0.3 is 0 Å². The van der Waals surface area contributed by atoms with E-state index in [-0.39, 0.29) is 6.04 Å². The van der Waals surface area contributed by atoms with Gasteiger partial charge in [0.15, 0.2) is 0 Å². The standard InChI is InChI=1S/C13H16N4O/c1-2-4-12(13-10-18-8-6-14-13)11(3-1)9-17-7-5-15-16-17/h1-5,7,13-14H,6,8-10H2. The average molecular weight is 244 g/mol. The topological polar surface area (TPSA) is 52.0 Å². The first-order valence-electron chi connectivity index (χ1n) is 6.16. The molecule has 1 aliphatic rings. The van der Waals surface area contributed by atoms with Crippen molar-refractivity contribution in [2.24, 2.45) is 0 Å². The summed E-state index contributed by atoms with van der Waals surface area (Å²) in [5.74, 6) is 0. The van der Waals surface area contributed by atoms with Gasteiger partial charge in [-0.2, -0.15) is 0 Å². The van der Waals surface area contributed by atoms with Gasteiger partial charge in [0, 0.05) is 12.7 Å². The van der Waals surface area contributed by atoms with Gasteiger partial charge in [-0.25, -0.2) is 4.68 Å². The van der Waals surface area contributed by atoms with E-state index < -0.39 is 0 Å². The van der Waals surface area contributed by atoms with E-state index in [2.05, 4.69) is 39.9 Å². The molecule has 18 heavy (non-hydrogen) atoms. The molecule has 5 heteroatoms. The minimum absolute atomic E-state index is 0.276. The highest BCUT2D eigenvalue weighted by Crippen LogP contribution is 2.20. The third kappa shape index (κ3) is 2.42. The van der Waals surface area contributed by atoms with Crippen LogP contribution in [-0.4, -0.2) is 34.8 Å². The number of nitrogens with one attached hydrogen (secondary N) is 1. The van der Waals surface area contributed by atoms with E-state index in [4.69, 9.17) is 4.74 Å². The Labute approximate surface area is 106 Å². The van der Waals surface area contributed by atoms with E-state index in [1.807, 2.05) is 10.9 Å². The molecule has 0 saturated carbocycles. The van der Waals surface area contributed by atoms with Gasteiger partial charge in [-0.15, -0.1) is 5.10 Å². The second-order valence-corrected chi connectivity index (χ2v) is 4.38. The normalized spacial score (nSPS) is 19.9. The Morgan fingerprint density at radius 3 is 3.11 bits per heavy atom. The minimum atomic E-state index is 0.276. The van der Waals surface area contributed by atoms with Crippen molar-refractivity contribution < 1.29 is 4.74 Å². The fourth-order valence-electron chi connectivity index (χ4n) is 2.27. The van der Waals surface area contributed by atoms with Crippen molar-refractivity contribution in [2.75, 3.05) is 19.8 Å². The van der Waals surface area contributed by atoms with Gasteiger partial charge in [0.1, 0.15) is 0 Å². The quantitative estimate of drug-likeness (QED) is 0.874. The maximum atomic E-state index is 5.53. The minimum Gasteiger partial charge on any atom is -0.378 e. The molecule has 1 saturated heterocycles. The molecule has 2 heterocycles. The largest absolute Gasteiger partial charge is 0.378 e. The fraction of sp³-hybridized carbons (Fsp3) is 0.385. The van der Waals surface area contributed by atoms with Gasteiger partial charge in [-0.1, -0.05) is 29.5 Å². The van der Waals surface area contributed by atoms with E-state index >= 15 is 0 Å². The van der Waals surface area contributed by atoms with Crippen LogP contribution in [0.4, 0.5) is 0 Å². The lowest BCUT2D eigenvalue weighted by atomic mass is 10.00. The van der Waals surface area contributed by atoms with Crippen molar-refractivity contribution in [3.8, 4) is 0 Å². The molecular weight excluding hydrogens is 228 g/mol. The molecule has 1 aliphatic heterocycles. The van der Waals surface area contributed by atoms with Gasteiger partial charge in [-0.3, -0.25) is 0 Å². The first-order chi connectivity index (χ1) is 8.93. The molecule has 1 N–H and O–H groups in total. The molecule has 1 fully saturated rings. The summed E-state index contributed by atoms with van der Waals surface area (Å²) in [5.41, 5.74) is 2.54. The third-order valence-corrected chi connectivity index (χ3v) is 3.16. The first kappa shape index (κ1) is 11.4. The number of ether oxygens (including phenoxy) is 1. The number of benzene rings is 1. The van der Waals surface area contributed by atoms with Crippen LogP contribution in [0.1, 0.15) is 17.2 Å². The number of rotatable bonds is 3. The number of hydrogen-bond acceptors (Lipinski definition) is 4. The average Bonchev–Trinajstić information content (AvgIpc) is 2.93. The van der Waals surface area contributed by atoms with Crippen LogP contribution in [0.2, 0.25) is 0 Å². The van der Waals surface area contributed by atoms with Crippen molar-refractivity contribution in [2.45, 2.75) is 12.6 Å². The molecule has 2 aromatic rings. The number of hydrogen-bond donors (Lipinski definition) is 1. The summed E-state index contributed by atoms with van der Waals surface area (Å²) in [6.07, 6.45) is 3.58. The molecule has 0 radical (unpaired) electrons. The van der Waals surface area contributed by atoms with E-state index in [1.165, 1.54) is 11.1 Å². The van der Waals surface area contributed by atoms with Crippen molar-refractivity contribution >= 4 is 0 Å². The van der Waals surface area contributed by atoms with Gasteiger partial charge in [0.25, 0.3) is 0 Å². The van der Waals surface area contributed by atoms with Gasteiger partial charge < -0.3 is 10.1 Å². The maximum absolute atomic E-state index is 5.53. The van der Waals surface area contributed by atoms with E-state index in [9.17, 15) is 0 Å². The molecule has 1 unspecified atom stereocenters. The Morgan fingerprint density at radius 2 is 2.33 bits per heavy atom. The van der Waals surface area contributed by atoms with Gasteiger partial charge in [0.05, 0.1) is 32.0 Å². The zero-order valence-electron chi connectivity index (χ0n) is 10.1. The molecule has 1 atom stereocenters. The zero-order valence-corrected chi connectivity index (χ0v) is 10.1. The molecule has 0 bridgehead atoms. The van der Waals surface area contributed by atoms with Crippen LogP contribution in [0.3, 0.4) is 0 Å². The number of morpholine rings is 1. The smallest absolute Gasteiger partial charge is 0.0693 e. The summed E-state index contributed by atoms with van der Waals surface area (Å²) in [6, 6.07) is 8.68. The summed E-state index contributed by atoms with van der Waals surface area (Å²) in [5, 5.41) is 11.3. The lowest BCUT2D eigenvalue weighted by Crippen LogP contribution is -2.35. The predicted octanol–water partition coefficient (Wildman–Crippen LogP) is 0.987. The lowest BCUT2D eigenvalue weighted by Gasteiger charge is -2.26. The molecule has 94 valence electrons. The Kier molecular flexibility index (Phi) is 3.34. The molecule has 0 aliphatic carbocycles. The van der Waals surface area contributed by atoms with Crippen LogP contribution in [0.15, 0.2) is 36.7 Å². The van der Waals surface area contributed by atoms with Gasteiger partial charge in [-0.05, 0) is 11.1 Å². The molecular formula is C13H16N4O. The van der Waals surface area contributed by atoms with Crippen molar-refractivity contribution in [3.05, 3.63) is 47.8 Å². The van der Waals surface area contributed by atoms with E-state index in [1.54, 1.807) is 6.20 Å². The summed E-state index contributed by atoms with van der Waals surface area (Å²) in [6.45, 7) is 3.17. The number of aromatic nitrogens is 3. The van der Waals surface area contributed by atoms with Crippen LogP contribution in [-0.2, 0) is 11.3 Å². The highest BCUT2D eigenvalue weighted by molar-refractivity contribution is 5.30. The van der Waals surface area contributed by atoms with Crippen LogP contribution in [0.25, 0.3) is 0 Å². The SMILES string of the molecule is c1ccc(C2COCCN2)c(Cn2ccnn2)c1. The van der Waals surface area contributed by atoms with Gasteiger partial charge in [0.2, 0.25) is 0 Å². The highest BCUT2D eigenvalue weighted by Gasteiger charge is 2.17. The summed E-state index contributed by atoms with van der Waals surface area (Å²) in [7, 11) is 0. The van der Waals surface area contributed by atoms with Crippen molar-refractivity contribution in [1.82, 2.24) is 20.3 Å². The van der Waals surface area contributed by atoms with Crippen LogP contribution >= 0.6 is 0 Å². The summed E-state index contributed by atoms with van der Waals surface area (Å²) in [4.78, 5) is 0. The monoisotopic (exact) mass is 244 g/mol. The van der Waals surface area contributed by atoms with E-state index in [0.717, 1.165) is 26.3 Å². The molecule has 0 amide bonds. The second-order valence-electron chi connectivity index (χ2n) is 4.38. The fourth-order valence-corrected chi connectivity index (χ4v) is 2.27. The molecule has 1 aromatic heterocycles. The molecule has 5 nitrogen and oxygen atoms in total. The Bertz CT molecular complexity index is 491. The Balaban J connectivity index is 1.84. The molecule has 0 spiro atoms. The number of nitrogens with zero attached hydrogens (tertiary/aromatic N) is 3. The Morgan fingerprint density at radius 1 is 1.39 bits per heavy atom. The van der Waals surface area contributed by atoms with Crippen molar-refractivity contribution in [3.63, 3.8) is 0 Å². The Hall–Kier alpha value is -1.72. The molecule has 3 rings (SSSR count).